The van der Waals surface area contributed by atoms with Gasteiger partial charge >= 0.3 is 0 Å². The van der Waals surface area contributed by atoms with Crippen molar-refractivity contribution in [1.82, 2.24) is 0 Å². The molecular formula is C7H12ClNO. The maximum atomic E-state index is 5.81. The highest BCUT2D eigenvalue weighted by Crippen LogP contribution is 2.18. The lowest BCUT2D eigenvalue weighted by Crippen LogP contribution is -2.17. The molecule has 1 aliphatic heterocycles. The minimum absolute atomic E-state index is 0.0628. The Bertz CT molecular complexity index is 145. The van der Waals surface area contributed by atoms with Crippen molar-refractivity contribution < 1.29 is 4.84 Å². The number of hydrogen-bond acceptors (Lipinski definition) is 2. The number of hydrogen-bond donors (Lipinski definition) is 0. The molecule has 0 radical (unpaired) electrons. The molecule has 58 valence electrons. The highest BCUT2D eigenvalue weighted by Gasteiger charge is 2.23. The first-order chi connectivity index (χ1) is 4.74. The van der Waals surface area contributed by atoms with Crippen LogP contribution in [-0.4, -0.2) is 17.2 Å². The van der Waals surface area contributed by atoms with Crippen LogP contribution >= 0.6 is 11.6 Å². The van der Waals surface area contributed by atoms with Crippen LogP contribution in [0.3, 0.4) is 0 Å². The normalized spacial score (nSPS) is 27.5. The molecule has 3 heteroatoms. The first-order valence-corrected chi connectivity index (χ1v) is 4.03. The summed E-state index contributed by atoms with van der Waals surface area (Å²) in [5.41, 5.74) is 1.12. The smallest absolute Gasteiger partial charge is 0.148 e. The van der Waals surface area contributed by atoms with Gasteiger partial charge in [-0.1, -0.05) is 12.1 Å². The van der Waals surface area contributed by atoms with E-state index < -0.39 is 0 Å². The summed E-state index contributed by atoms with van der Waals surface area (Å²) in [6, 6.07) is 0. The molecular weight excluding hydrogens is 150 g/mol. The van der Waals surface area contributed by atoms with E-state index in [1.165, 1.54) is 0 Å². The molecule has 1 rings (SSSR count). The Labute approximate surface area is 66.2 Å². The molecule has 0 N–H and O–H groups in total. The molecule has 0 aromatic carbocycles. The number of rotatable bonds is 2. The number of halogens is 1. The minimum Gasteiger partial charge on any atom is -0.391 e. The SMILES string of the molecule is CCC1=NOC(C(C)Cl)C1. The summed E-state index contributed by atoms with van der Waals surface area (Å²) in [5, 5.41) is 3.95. The van der Waals surface area contributed by atoms with Crippen LogP contribution in [0, 0.1) is 0 Å². The van der Waals surface area contributed by atoms with Gasteiger partial charge in [-0.05, 0) is 13.3 Å². The van der Waals surface area contributed by atoms with Gasteiger partial charge in [0.2, 0.25) is 0 Å². The second kappa shape index (κ2) is 3.24. The van der Waals surface area contributed by atoms with E-state index in [-0.39, 0.29) is 11.5 Å². The molecule has 2 unspecified atom stereocenters. The zero-order chi connectivity index (χ0) is 7.56. The summed E-state index contributed by atoms with van der Waals surface area (Å²) in [4.78, 5) is 5.07. The van der Waals surface area contributed by atoms with Crippen LogP contribution in [0.2, 0.25) is 0 Å². The molecule has 0 aromatic rings. The zero-order valence-corrected chi connectivity index (χ0v) is 7.06. The average Bonchev–Trinajstić information content (AvgIpc) is 2.34. The maximum Gasteiger partial charge on any atom is 0.148 e. The molecule has 0 spiro atoms. The van der Waals surface area contributed by atoms with Gasteiger partial charge in [0, 0.05) is 6.42 Å². The molecule has 10 heavy (non-hydrogen) atoms. The van der Waals surface area contributed by atoms with Gasteiger partial charge in [0.05, 0.1) is 11.1 Å². The van der Waals surface area contributed by atoms with Crippen molar-refractivity contribution in [3.05, 3.63) is 0 Å². The lowest BCUT2D eigenvalue weighted by molar-refractivity contribution is 0.0854. The van der Waals surface area contributed by atoms with Crippen LogP contribution in [0.25, 0.3) is 0 Å². The van der Waals surface area contributed by atoms with Crippen molar-refractivity contribution in [1.29, 1.82) is 0 Å². The largest absolute Gasteiger partial charge is 0.391 e. The zero-order valence-electron chi connectivity index (χ0n) is 6.30. The summed E-state index contributed by atoms with van der Waals surface area (Å²) >= 11 is 5.81. The van der Waals surface area contributed by atoms with E-state index in [0.717, 1.165) is 18.6 Å². The fraction of sp³-hybridized carbons (Fsp3) is 0.857. The van der Waals surface area contributed by atoms with Gasteiger partial charge in [0.15, 0.2) is 0 Å². The Balaban J connectivity index is 2.36. The topological polar surface area (TPSA) is 21.6 Å². The quantitative estimate of drug-likeness (QED) is 0.569. The second-order valence-corrected chi connectivity index (χ2v) is 3.23. The van der Waals surface area contributed by atoms with E-state index in [4.69, 9.17) is 16.4 Å². The van der Waals surface area contributed by atoms with E-state index >= 15 is 0 Å². The van der Waals surface area contributed by atoms with Gasteiger partial charge < -0.3 is 4.84 Å². The Morgan fingerprint density at radius 1 is 1.90 bits per heavy atom. The molecule has 0 aromatic heterocycles. The lowest BCUT2D eigenvalue weighted by Gasteiger charge is -2.08. The number of alkyl halides is 1. The van der Waals surface area contributed by atoms with Crippen LogP contribution in [0.5, 0.6) is 0 Å². The standard InChI is InChI=1S/C7H12ClNO/c1-3-6-4-7(5(2)8)10-9-6/h5,7H,3-4H2,1-2H3. The predicted octanol–water partition coefficient (Wildman–Crippen LogP) is 2.17. The van der Waals surface area contributed by atoms with Crippen molar-refractivity contribution >= 4 is 17.3 Å². The summed E-state index contributed by atoms with van der Waals surface area (Å²) < 4.78 is 0. The summed E-state index contributed by atoms with van der Waals surface area (Å²) in [7, 11) is 0. The van der Waals surface area contributed by atoms with Crippen molar-refractivity contribution in [2.24, 2.45) is 5.16 Å². The first kappa shape index (κ1) is 7.86. The molecule has 1 heterocycles. The lowest BCUT2D eigenvalue weighted by atomic mass is 10.1. The molecule has 0 amide bonds. The van der Waals surface area contributed by atoms with Crippen LogP contribution in [-0.2, 0) is 4.84 Å². The minimum atomic E-state index is 0.0628. The Morgan fingerprint density at radius 2 is 2.60 bits per heavy atom. The molecule has 0 fully saturated rings. The van der Waals surface area contributed by atoms with E-state index in [1.54, 1.807) is 0 Å². The highest BCUT2D eigenvalue weighted by atomic mass is 35.5. The molecule has 2 nitrogen and oxygen atoms in total. The Hall–Kier alpha value is -0.240. The average molecular weight is 162 g/mol. The summed E-state index contributed by atoms with van der Waals surface area (Å²) in [6.07, 6.45) is 1.98. The predicted molar refractivity (Wildman–Crippen MR) is 42.5 cm³/mol. The molecule has 0 saturated heterocycles. The van der Waals surface area contributed by atoms with E-state index in [0.29, 0.717) is 0 Å². The van der Waals surface area contributed by atoms with Gasteiger partial charge in [0.25, 0.3) is 0 Å². The third kappa shape index (κ3) is 1.63. The Morgan fingerprint density at radius 3 is 2.90 bits per heavy atom. The third-order valence-electron chi connectivity index (χ3n) is 1.67. The van der Waals surface area contributed by atoms with Crippen molar-refractivity contribution in [2.45, 2.75) is 38.2 Å². The molecule has 0 bridgehead atoms. The van der Waals surface area contributed by atoms with Crippen LogP contribution < -0.4 is 0 Å². The fourth-order valence-electron chi connectivity index (χ4n) is 0.904. The third-order valence-corrected chi connectivity index (χ3v) is 1.96. The Kier molecular flexibility index (Phi) is 2.55. The fourth-order valence-corrected chi connectivity index (χ4v) is 1.04. The van der Waals surface area contributed by atoms with Crippen molar-refractivity contribution in [3.8, 4) is 0 Å². The van der Waals surface area contributed by atoms with E-state index in [9.17, 15) is 0 Å². The van der Waals surface area contributed by atoms with Gasteiger partial charge in [-0.3, -0.25) is 0 Å². The second-order valence-electron chi connectivity index (χ2n) is 2.54. The number of oxime groups is 1. The molecule has 1 aliphatic rings. The van der Waals surface area contributed by atoms with Crippen LogP contribution in [0.15, 0.2) is 5.16 Å². The van der Waals surface area contributed by atoms with E-state index in [1.807, 2.05) is 6.92 Å². The molecule has 2 atom stereocenters. The summed E-state index contributed by atoms with van der Waals surface area (Å²) in [6.45, 7) is 4.00. The van der Waals surface area contributed by atoms with Crippen molar-refractivity contribution in [2.75, 3.05) is 0 Å². The molecule has 0 aliphatic carbocycles. The van der Waals surface area contributed by atoms with Crippen molar-refractivity contribution in [3.63, 3.8) is 0 Å². The van der Waals surface area contributed by atoms with Gasteiger partial charge in [-0.15, -0.1) is 11.6 Å². The molecule has 0 saturated carbocycles. The van der Waals surface area contributed by atoms with Crippen LogP contribution in [0.4, 0.5) is 0 Å². The number of nitrogens with zero attached hydrogens (tertiary/aromatic N) is 1. The van der Waals surface area contributed by atoms with Crippen LogP contribution in [0.1, 0.15) is 26.7 Å². The van der Waals surface area contributed by atoms with E-state index in [2.05, 4.69) is 12.1 Å². The first-order valence-electron chi connectivity index (χ1n) is 3.59. The van der Waals surface area contributed by atoms with Gasteiger partial charge in [-0.25, -0.2) is 0 Å². The van der Waals surface area contributed by atoms with Gasteiger partial charge in [0.1, 0.15) is 6.10 Å². The highest BCUT2D eigenvalue weighted by molar-refractivity contribution is 6.21. The summed E-state index contributed by atoms with van der Waals surface area (Å²) in [5.74, 6) is 0. The van der Waals surface area contributed by atoms with Gasteiger partial charge in [-0.2, -0.15) is 0 Å². The monoisotopic (exact) mass is 161 g/mol. The maximum absolute atomic E-state index is 5.81.